The third kappa shape index (κ3) is 2.17. The van der Waals surface area contributed by atoms with E-state index in [9.17, 15) is 9.90 Å². The van der Waals surface area contributed by atoms with Crippen LogP contribution in [0.15, 0.2) is 66.4 Å². The van der Waals surface area contributed by atoms with Crippen molar-refractivity contribution in [3.8, 4) is 0 Å². The summed E-state index contributed by atoms with van der Waals surface area (Å²) in [4.78, 5) is 12.8. The van der Waals surface area contributed by atoms with Crippen LogP contribution in [0.4, 0.5) is 0 Å². The largest absolute Gasteiger partial charge is 0.504 e. The molecule has 1 aliphatic rings. The van der Waals surface area contributed by atoms with Crippen molar-refractivity contribution in [1.82, 2.24) is 0 Å². The SMILES string of the molecule is O=C1C(O)=C(c2ccccc2)S[C@@H]1c1ccccc1. The molecule has 0 saturated carbocycles. The van der Waals surface area contributed by atoms with Crippen molar-refractivity contribution >= 4 is 22.5 Å². The van der Waals surface area contributed by atoms with E-state index >= 15 is 0 Å². The molecule has 94 valence electrons. The Morgan fingerprint density at radius 3 is 2.11 bits per heavy atom. The molecule has 0 fully saturated rings. The van der Waals surface area contributed by atoms with E-state index in [1.807, 2.05) is 60.7 Å². The Kier molecular flexibility index (Phi) is 3.13. The molecule has 0 bridgehead atoms. The fraction of sp³-hybridized carbons (Fsp3) is 0.0625. The highest BCUT2D eigenvalue weighted by molar-refractivity contribution is 8.09. The summed E-state index contributed by atoms with van der Waals surface area (Å²) in [6.07, 6.45) is 0. The van der Waals surface area contributed by atoms with E-state index in [0.717, 1.165) is 11.1 Å². The van der Waals surface area contributed by atoms with Gasteiger partial charge in [-0.25, -0.2) is 0 Å². The van der Waals surface area contributed by atoms with Gasteiger partial charge in [0, 0.05) is 0 Å². The summed E-state index contributed by atoms with van der Waals surface area (Å²) in [5.74, 6) is -0.333. The van der Waals surface area contributed by atoms with Gasteiger partial charge in [0.15, 0.2) is 5.76 Å². The van der Waals surface area contributed by atoms with E-state index < -0.39 is 0 Å². The maximum absolute atomic E-state index is 12.2. The lowest BCUT2D eigenvalue weighted by molar-refractivity contribution is -0.117. The molecule has 2 aromatic rings. The van der Waals surface area contributed by atoms with Crippen LogP contribution in [0.25, 0.3) is 4.91 Å². The van der Waals surface area contributed by atoms with Crippen molar-refractivity contribution in [2.24, 2.45) is 0 Å². The van der Waals surface area contributed by atoms with Gasteiger partial charge < -0.3 is 5.11 Å². The molecule has 1 aliphatic heterocycles. The highest BCUT2D eigenvalue weighted by Gasteiger charge is 2.35. The normalized spacial score (nSPS) is 18.9. The predicted molar refractivity (Wildman–Crippen MR) is 77.8 cm³/mol. The van der Waals surface area contributed by atoms with Crippen molar-refractivity contribution in [1.29, 1.82) is 0 Å². The van der Waals surface area contributed by atoms with Crippen LogP contribution in [-0.2, 0) is 4.79 Å². The zero-order chi connectivity index (χ0) is 13.2. The molecule has 0 aliphatic carbocycles. The van der Waals surface area contributed by atoms with Crippen molar-refractivity contribution in [3.63, 3.8) is 0 Å². The summed E-state index contributed by atoms with van der Waals surface area (Å²) in [5.41, 5.74) is 1.81. The summed E-state index contributed by atoms with van der Waals surface area (Å²) in [5, 5.41) is 9.72. The number of allylic oxidation sites excluding steroid dienone is 1. The van der Waals surface area contributed by atoms with Gasteiger partial charge >= 0.3 is 0 Å². The van der Waals surface area contributed by atoms with E-state index in [-0.39, 0.29) is 16.8 Å². The lowest BCUT2D eigenvalue weighted by atomic mass is 10.1. The lowest BCUT2D eigenvalue weighted by Crippen LogP contribution is -2.05. The summed E-state index contributed by atoms with van der Waals surface area (Å²) in [6, 6.07) is 19.1. The molecule has 1 atom stereocenters. The van der Waals surface area contributed by atoms with Crippen molar-refractivity contribution in [2.75, 3.05) is 0 Å². The minimum Gasteiger partial charge on any atom is -0.504 e. The third-order valence-electron chi connectivity index (χ3n) is 3.06. The molecule has 3 rings (SSSR count). The van der Waals surface area contributed by atoms with E-state index in [1.54, 1.807) is 0 Å². The monoisotopic (exact) mass is 268 g/mol. The summed E-state index contributed by atoms with van der Waals surface area (Å²) < 4.78 is 0. The Labute approximate surface area is 115 Å². The van der Waals surface area contributed by atoms with Gasteiger partial charge in [-0.1, -0.05) is 60.7 Å². The number of Topliss-reactive ketones (excluding diaryl/α,β-unsaturated/α-hetero) is 1. The number of hydrogen-bond acceptors (Lipinski definition) is 3. The Hall–Kier alpha value is -2.00. The Morgan fingerprint density at radius 1 is 0.895 bits per heavy atom. The first kappa shape index (κ1) is 12.1. The van der Waals surface area contributed by atoms with Gasteiger partial charge in [0.25, 0.3) is 0 Å². The number of benzene rings is 2. The van der Waals surface area contributed by atoms with Crippen LogP contribution < -0.4 is 0 Å². The number of aliphatic hydroxyl groups is 1. The standard InChI is InChI=1S/C16H12O2S/c17-13-14(18)16(12-9-5-2-6-10-12)19-15(13)11-7-3-1-4-8-11/h1-10,15,18H/t15-/m1/s1. The predicted octanol–water partition coefficient (Wildman–Crippen LogP) is 3.97. The molecule has 1 heterocycles. The van der Waals surface area contributed by atoms with Crippen LogP contribution in [-0.4, -0.2) is 10.9 Å². The smallest absolute Gasteiger partial charge is 0.216 e. The Morgan fingerprint density at radius 2 is 1.47 bits per heavy atom. The lowest BCUT2D eigenvalue weighted by Gasteiger charge is -2.08. The second kappa shape index (κ2) is 4.94. The molecule has 0 radical (unpaired) electrons. The maximum atomic E-state index is 12.2. The second-order valence-corrected chi connectivity index (χ2v) is 5.43. The van der Waals surface area contributed by atoms with E-state index in [1.165, 1.54) is 11.8 Å². The van der Waals surface area contributed by atoms with Crippen molar-refractivity contribution < 1.29 is 9.90 Å². The van der Waals surface area contributed by atoms with Gasteiger partial charge in [-0.2, -0.15) is 0 Å². The molecule has 2 nitrogen and oxygen atoms in total. The van der Waals surface area contributed by atoms with Crippen LogP contribution in [0.5, 0.6) is 0 Å². The molecule has 0 unspecified atom stereocenters. The average Bonchev–Trinajstić information content (AvgIpc) is 2.77. The first-order valence-corrected chi connectivity index (χ1v) is 6.90. The van der Waals surface area contributed by atoms with E-state index in [4.69, 9.17) is 0 Å². The number of thioether (sulfide) groups is 1. The summed E-state index contributed by atoms with van der Waals surface area (Å²) in [6.45, 7) is 0. The molecule has 3 heteroatoms. The molecule has 0 aromatic heterocycles. The maximum Gasteiger partial charge on any atom is 0.216 e. The van der Waals surface area contributed by atoms with Crippen molar-refractivity contribution in [3.05, 3.63) is 77.5 Å². The fourth-order valence-electron chi connectivity index (χ4n) is 2.10. The molecule has 2 aromatic carbocycles. The zero-order valence-corrected chi connectivity index (χ0v) is 10.9. The number of hydrogen-bond donors (Lipinski definition) is 1. The number of carbonyl (C=O) groups is 1. The fourth-order valence-corrected chi connectivity index (χ4v) is 3.34. The Bertz CT molecular complexity index is 632. The minimum absolute atomic E-state index is 0.120. The number of carbonyl (C=O) groups excluding carboxylic acids is 1. The second-order valence-electron chi connectivity index (χ2n) is 4.32. The summed E-state index contributed by atoms with van der Waals surface area (Å²) >= 11 is 1.41. The van der Waals surface area contributed by atoms with Gasteiger partial charge in [0.2, 0.25) is 5.78 Å². The number of rotatable bonds is 2. The van der Waals surface area contributed by atoms with E-state index in [2.05, 4.69) is 0 Å². The highest BCUT2D eigenvalue weighted by atomic mass is 32.2. The van der Waals surface area contributed by atoms with Gasteiger partial charge in [-0.15, -0.1) is 11.8 Å². The van der Waals surface area contributed by atoms with E-state index in [0.29, 0.717) is 4.91 Å². The van der Waals surface area contributed by atoms with Crippen molar-refractivity contribution in [2.45, 2.75) is 5.25 Å². The zero-order valence-electron chi connectivity index (χ0n) is 10.1. The number of ketones is 1. The van der Waals surface area contributed by atoms with Gasteiger partial charge in [0.1, 0.15) is 5.25 Å². The van der Waals surface area contributed by atoms with Crippen LogP contribution in [0, 0.1) is 0 Å². The van der Waals surface area contributed by atoms with Crippen LogP contribution in [0.3, 0.4) is 0 Å². The molecule has 19 heavy (non-hydrogen) atoms. The van der Waals surface area contributed by atoms with Gasteiger partial charge in [0.05, 0.1) is 4.91 Å². The molecular formula is C16H12O2S. The summed E-state index contributed by atoms with van der Waals surface area (Å²) in [7, 11) is 0. The quantitative estimate of drug-likeness (QED) is 0.895. The highest BCUT2D eigenvalue weighted by Crippen LogP contribution is 2.48. The molecular weight excluding hydrogens is 256 g/mol. The third-order valence-corrected chi connectivity index (χ3v) is 4.45. The topological polar surface area (TPSA) is 37.3 Å². The van der Waals surface area contributed by atoms with Crippen LogP contribution in [0.2, 0.25) is 0 Å². The molecule has 0 spiro atoms. The number of aliphatic hydroxyl groups excluding tert-OH is 1. The molecule has 1 N–H and O–H groups in total. The minimum atomic E-state index is -0.337. The molecule has 0 amide bonds. The Balaban J connectivity index is 1.96. The first-order chi connectivity index (χ1) is 9.27. The van der Waals surface area contributed by atoms with Gasteiger partial charge in [-0.05, 0) is 11.1 Å². The van der Waals surface area contributed by atoms with Crippen LogP contribution in [0.1, 0.15) is 16.4 Å². The average molecular weight is 268 g/mol. The molecule has 0 saturated heterocycles. The van der Waals surface area contributed by atoms with Crippen LogP contribution >= 0.6 is 11.8 Å². The first-order valence-electron chi connectivity index (χ1n) is 6.02. The van der Waals surface area contributed by atoms with Gasteiger partial charge in [-0.3, -0.25) is 4.79 Å².